The largest absolute Gasteiger partial charge is 0.497 e. The molecule has 1 aromatic carbocycles. The van der Waals surface area contributed by atoms with E-state index >= 15 is 0 Å². The summed E-state index contributed by atoms with van der Waals surface area (Å²) in [5.74, 6) is 1.31. The van der Waals surface area contributed by atoms with Gasteiger partial charge in [-0.05, 0) is 44.1 Å². The summed E-state index contributed by atoms with van der Waals surface area (Å²) in [5, 5.41) is 19.9. The number of aliphatic hydroxyl groups excluding tert-OH is 1. The van der Waals surface area contributed by atoms with Crippen molar-refractivity contribution in [2.75, 3.05) is 45.9 Å². The third-order valence-electron chi connectivity index (χ3n) is 6.36. The predicted octanol–water partition coefficient (Wildman–Crippen LogP) is 2.06. The first-order chi connectivity index (χ1) is 17.0. The van der Waals surface area contributed by atoms with Crippen LogP contribution in [0, 0.1) is 0 Å². The van der Waals surface area contributed by atoms with Gasteiger partial charge in [0.1, 0.15) is 5.75 Å². The second kappa shape index (κ2) is 10.7. The third-order valence-corrected chi connectivity index (χ3v) is 6.36. The Hall–Kier alpha value is -3.70. The summed E-state index contributed by atoms with van der Waals surface area (Å²) in [5.41, 5.74) is 1.77. The molecule has 0 spiro atoms. The lowest BCUT2D eigenvalue weighted by Gasteiger charge is -2.37. The molecule has 1 atom stereocenters. The number of nitrogens with one attached hydrogen (secondary N) is 2. The summed E-state index contributed by atoms with van der Waals surface area (Å²) >= 11 is 0. The number of hydrogen-bond donors (Lipinski definition) is 3. The van der Waals surface area contributed by atoms with Crippen LogP contribution in [-0.4, -0.2) is 82.7 Å². The highest BCUT2D eigenvalue weighted by atomic mass is 16.5. The number of methoxy groups -OCH3 is 2. The van der Waals surface area contributed by atoms with Crippen LogP contribution >= 0.6 is 0 Å². The number of aromatic amines is 1. The number of carbonyl (C=O) groups is 1. The molecule has 0 saturated carbocycles. The summed E-state index contributed by atoms with van der Waals surface area (Å²) in [6.45, 7) is 1.33. The van der Waals surface area contributed by atoms with E-state index in [-0.39, 0.29) is 18.6 Å². The van der Waals surface area contributed by atoms with E-state index in [2.05, 4.69) is 25.5 Å². The Labute approximate surface area is 204 Å². The molecule has 0 aliphatic carbocycles. The number of nitrogens with zero attached hydrogens (tertiary/aromatic N) is 5. The third kappa shape index (κ3) is 4.91. The van der Waals surface area contributed by atoms with E-state index in [1.54, 1.807) is 30.6 Å². The standard InChI is InChI=1S/C24H31N7O4/c1-25-9-7-24(8-10-32)16-30(23(33)31(24)15-17-5-4-6-19(11-17)34-2)22-26-14-20(21(29-22)35-3)18-12-27-28-13-18/h4-6,11-14,25,32H,7-10,15-16H2,1-3H3,(H,27,28). The number of rotatable bonds is 11. The summed E-state index contributed by atoms with van der Waals surface area (Å²) in [7, 11) is 5.01. The minimum atomic E-state index is -0.613. The molecule has 4 rings (SSSR count). The smallest absolute Gasteiger partial charge is 0.327 e. The quantitative estimate of drug-likeness (QED) is 0.380. The minimum Gasteiger partial charge on any atom is -0.497 e. The highest BCUT2D eigenvalue weighted by Gasteiger charge is 2.50. The van der Waals surface area contributed by atoms with Crippen molar-refractivity contribution in [2.45, 2.75) is 24.9 Å². The Morgan fingerprint density at radius 2 is 2.09 bits per heavy atom. The molecule has 186 valence electrons. The molecule has 2 amide bonds. The maximum absolute atomic E-state index is 13.8. The number of carbonyl (C=O) groups excluding carboxylic acids is 1. The van der Waals surface area contributed by atoms with Gasteiger partial charge in [-0.2, -0.15) is 10.1 Å². The van der Waals surface area contributed by atoms with Crippen LogP contribution in [0.4, 0.5) is 10.7 Å². The van der Waals surface area contributed by atoms with Crippen molar-refractivity contribution in [3.05, 3.63) is 48.4 Å². The first kappa shape index (κ1) is 24.4. The van der Waals surface area contributed by atoms with Crippen molar-refractivity contribution in [3.63, 3.8) is 0 Å². The molecule has 3 N–H and O–H groups in total. The lowest BCUT2D eigenvalue weighted by atomic mass is 9.90. The molecule has 11 nitrogen and oxygen atoms in total. The fourth-order valence-electron chi connectivity index (χ4n) is 4.50. The van der Waals surface area contributed by atoms with Gasteiger partial charge in [0, 0.05) is 31.1 Å². The Morgan fingerprint density at radius 3 is 2.77 bits per heavy atom. The number of ether oxygens (including phenoxy) is 2. The molecule has 3 aromatic rings. The van der Waals surface area contributed by atoms with E-state index in [0.29, 0.717) is 43.9 Å². The van der Waals surface area contributed by atoms with Gasteiger partial charge < -0.3 is 24.8 Å². The SMILES string of the molecule is CNCCC1(CCO)CN(c2ncc(-c3cn[nH]c3)c(OC)n2)C(=O)N1Cc1cccc(OC)c1. The van der Waals surface area contributed by atoms with Crippen molar-refractivity contribution >= 4 is 12.0 Å². The highest BCUT2D eigenvalue weighted by molar-refractivity contribution is 5.94. The van der Waals surface area contributed by atoms with Gasteiger partial charge in [-0.15, -0.1) is 0 Å². The van der Waals surface area contributed by atoms with Crippen LogP contribution in [0.25, 0.3) is 11.1 Å². The van der Waals surface area contributed by atoms with Crippen LogP contribution < -0.4 is 19.7 Å². The number of aromatic nitrogens is 4. The number of hydrogen-bond acceptors (Lipinski definition) is 8. The molecule has 1 unspecified atom stereocenters. The number of benzene rings is 1. The van der Waals surface area contributed by atoms with Crippen LogP contribution in [0.5, 0.6) is 11.6 Å². The lowest BCUT2D eigenvalue weighted by Crippen LogP contribution is -2.49. The second-order valence-corrected chi connectivity index (χ2v) is 8.44. The van der Waals surface area contributed by atoms with Crippen LogP contribution in [0.1, 0.15) is 18.4 Å². The molecule has 0 bridgehead atoms. The summed E-state index contributed by atoms with van der Waals surface area (Å²) in [4.78, 5) is 26.2. The molecular weight excluding hydrogens is 450 g/mol. The Kier molecular flexibility index (Phi) is 7.47. The van der Waals surface area contributed by atoms with Gasteiger partial charge in [-0.25, -0.2) is 9.78 Å². The first-order valence-electron chi connectivity index (χ1n) is 11.4. The maximum atomic E-state index is 13.8. The van der Waals surface area contributed by atoms with Crippen molar-refractivity contribution in [3.8, 4) is 22.8 Å². The van der Waals surface area contributed by atoms with Crippen LogP contribution in [-0.2, 0) is 6.54 Å². The number of urea groups is 1. The van der Waals surface area contributed by atoms with E-state index in [0.717, 1.165) is 16.9 Å². The van der Waals surface area contributed by atoms with Gasteiger partial charge >= 0.3 is 6.03 Å². The minimum absolute atomic E-state index is 0.0525. The van der Waals surface area contributed by atoms with Crippen LogP contribution in [0.15, 0.2) is 42.9 Å². The molecule has 1 aliphatic heterocycles. The fraction of sp³-hybridized carbons (Fsp3) is 0.417. The summed E-state index contributed by atoms with van der Waals surface area (Å²) in [6.07, 6.45) is 6.08. The molecular formula is C24H31N7O4. The zero-order valence-corrected chi connectivity index (χ0v) is 20.2. The van der Waals surface area contributed by atoms with E-state index < -0.39 is 5.54 Å². The van der Waals surface area contributed by atoms with Crippen LogP contribution in [0.3, 0.4) is 0 Å². The van der Waals surface area contributed by atoms with Gasteiger partial charge in [-0.1, -0.05) is 12.1 Å². The van der Waals surface area contributed by atoms with E-state index in [1.165, 1.54) is 7.11 Å². The van der Waals surface area contributed by atoms with Crippen LogP contribution in [0.2, 0.25) is 0 Å². The van der Waals surface area contributed by atoms with Crippen molar-refractivity contribution < 1.29 is 19.4 Å². The molecule has 11 heteroatoms. The van der Waals surface area contributed by atoms with Gasteiger partial charge in [0.2, 0.25) is 11.8 Å². The average molecular weight is 482 g/mol. The maximum Gasteiger partial charge on any atom is 0.327 e. The lowest BCUT2D eigenvalue weighted by molar-refractivity contribution is 0.111. The first-order valence-corrected chi connectivity index (χ1v) is 11.4. The van der Waals surface area contributed by atoms with E-state index in [9.17, 15) is 9.90 Å². The van der Waals surface area contributed by atoms with Crippen molar-refractivity contribution in [1.29, 1.82) is 0 Å². The zero-order valence-electron chi connectivity index (χ0n) is 20.2. The molecule has 2 aromatic heterocycles. The molecule has 3 heterocycles. The van der Waals surface area contributed by atoms with E-state index in [4.69, 9.17) is 9.47 Å². The zero-order chi connectivity index (χ0) is 24.8. The number of anilines is 1. The number of amides is 2. The number of H-pyrrole nitrogens is 1. The summed E-state index contributed by atoms with van der Waals surface area (Å²) in [6, 6.07) is 7.41. The Bertz CT molecular complexity index is 1140. The Morgan fingerprint density at radius 1 is 1.23 bits per heavy atom. The van der Waals surface area contributed by atoms with E-state index in [1.807, 2.05) is 36.2 Å². The fourth-order valence-corrected chi connectivity index (χ4v) is 4.50. The van der Waals surface area contributed by atoms with Gasteiger partial charge in [-0.3, -0.25) is 10.00 Å². The second-order valence-electron chi connectivity index (χ2n) is 8.44. The monoisotopic (exact) mass is 481 g/mol. The molecule has 1 fully saturated rings. The molecule has 1 aliphatic rings. The topological polar surface area (TPSA) is 129 Å². The molecule has 1 saturated heterocycles. The molecule has 0 radical (unpaired) electrons. The van der Waals surface area contributed by atoms with Gasteiger partial charge in [0.15, 0.2) is 0 Å². The van der Waals surface area contributed by atoms with Crippen molar-refractivity contribution in [1.82, 2.24) is 30.4 Å². The number of aliphatic hydroxyl groups is 1. The summed E-state index contributed by atoms with van der Waals surface area (Å²) < 4.78 is 10.9. The normalized spacial score (nSPS) is 17.8. The molecule has 35 heavy (non-hydrogen) atoms. The van der Waals surface area contributed by atoms with Gasteiger partial charge in [0.05, 0.1) is 38.1 Å². The van der Waals surface area contributed by atoms with Crippen molar-refractivity contribution in [2.24, 2.45) is 0 Å². The Balaban J connectivity index is 1.71. The predicted molar refractivity (Wildman–Crippen MR) is 130 cm³/mol. The average Bonchev–Trinajstić information content (AvgIpc) is 3.51. The highest BCUT2D eigenvalue weighted by Crippen LogP contribution is 2.37. The van der Waals surface area contributed by atoms with Gasteiger partial charge in [0.25, 0.3) is 0 Å².